The highest BCUT2D eigenvalue weighted by Gasteiger charge is 2.53. The van der Waals surface area contributed by atoms with Crippen LogP contribution in [0.5, 0.6) is 5.75 Å². The van der Waals surface area contributed by atoms with Gasteiger partial charge in [-0.2, -0.15) is 0 Å². The van der Waals surface area contributed by atoms with Crippen LogP contribution >= 0.6 is 15.9 Å². The van der Waals surface area contributed by atoms with Gasteiger partial charge in [-0.1, -0.05) is 70.5 Å². The zero-order chi connectivity index (χ0) is 30.2. The normalized spacial score (nSPS) is 17.7. The first-order valence-electron chi connectivity index (χ1n) is 13.8. The van der Waals surface area contributed by atoms with Crippen molar-refractivity contribution in [2.24, 2.45) is 4.99 Å². The molecule has 0 spiro atoms. The first-order chi connectivity index (χ1) is 20.9. The van der Waals surface area contributed by atoms with Crippen LogP contribution in [0, 0.1) is 11.6 Å². The van der Waals surface area contributed by atoms with Crippen molar-refractivity contribution in [1.29, 1.82) is 0 Å². The summed E-state index contributed by atoms with van der Waals surface area (Å²) in [6.07, 6.45) is -0.114. The van der Waals surface area contributed by atoms with Crippen LogP contribution in [-0.4, -0.2) is 35.7 Å². The van der Waals surface area contributed by atoms with Crippen LogP contribution in [0.2, 0.25) is 0 Å². The van der Waals surface area contributed by atoms with Gasteiger partial charge in [0.1, 0.15) is 17.4 Å². The number of aliphatic hydroxyl groups excluding tert-OH is 1. The van der Waals surface area contributed by atoms with E-state index in [9.17, 15) is 13.6 Å². The van der Waals surface area contributed by atoms with Gasteiger partial charge in [0.05, 0.1) is 6.61 Å². The molecule has 4 aromatic carbocycles. The van der Waals surface area contributed by atoms with E-state index in [0.717, 1.165) is 27.7 Å². The third kappa shape index (κ3) is 7.10. The van der Waals surface area contributed by atoms with Gasteiger partial charge in [0, 0.05) is 53.2 Å². The lowest BCUT2D eigenvalue weighted by Gasteiger charge is -2.31. The Labute approximate surface area is 256 Å². The van der Waals surface area contributed by atoms with Gasteiger partial charge < -0.3 is 14.6 Å². The molecule has 1 aliphatic heterocycles. The highest BCUT2D eigenvalue weighted by atomic mass is 79.9. The number of carbonyl (C=O) groups excluding carboxylic acids is 1. The molecule has 5 rings (SSSR count). The monoisotopic (exact) mass is 649 g/mol. The fourth-order valence-electron chi connectivity index (χ4n) is 4.85. The van der Waals surface area contributed by atoms with Crippen molar-refractivity contribution >= 4 is 27.7 Å². The summed E-state index contributed by atoms with van der Waals surface area (Å²) in [5, 5.41) is 9.02. The minimum atomic E-state index is -1.47. The second-order valence-corrected chi connectivity index (χ2v) is 10.9. The molecule has 222 valence electrons. The van der Waals surface area contributed by atoms with Gasteiger partial charge in [0.25, 0.3) is 5.91 Å². The number of aliphatic hydroxyl groups is 1. The average molecular weight is 651 g/mol. The zero-order valence-electron chi connectivity index (χ0n) is 23.1. The first kappa shape index (κ1) is 30.3. The minimum absolute atomic E-state index is 0.0401. The van der Waals surface area contributed by atoms with E-state index in [4.69, 9.17) is 19.6 Å². The number of rotatable bonds is 12. The highest BCUT2D eigenvalue weighted by molar-refractivity contribution is 9.10. The maximum Gasteiger partial charge on any atom is 0.266 e. The Morgan fingerprint density at radius 1 is 1.00 bits per heavy atom. The van der Waals surface area contributed by atoms with Crippen LogP contribution in [0.25, 0.3) is 0 Å². The third-order valence-corrected chi connectivity index (χ3v) is 7.75. The fraction of sp³-hybridized carbons (Fsp3) is 0.212. The predicted octanol–water partition coefficient (Wildman–Crippen LogP) is 5.81. The number of hydrogen-bond acceptors (Lipinski definition) is 6. The van der Waals surface area contributed by atoms with Gasteiger partial charge in [0.2, 0.25) is 5.90 Å². The molecule has 10 heteroatoms. The van der Waals surface area contributed by atoms with Crippen molar-refractivity contribution < 1.29 is 28.2 Å². The standard InChI is InChI=1S/C33H30BrF2N3O4/c34-28-10-5-4-9-27(28)30-33(20-22-7-2-1-3-8-22,32(41)39-37-21-24-11-14-25(35)19-29(24)36)38-31(43-30)23-12-15-26(16-13-23)42-18-6-17-40/h1-5,7-16,19,30,37,40H,6,17-18,20-21H2,(H,39,41)/t30-,33-/m0/s1. The highest BCUT2D eigenvalue weighted by Crippen LogP contribution is 2.44. The summed E-state index contributed by atoms with van der Waals surface area (Å²) < 4.78 is 40.6. The van der Waals surface area contributed by atoms with E-state index in [-0.39, 0.29) is 31.0 Å². The molecule has 7 nitrogen and oxygen atoms in total. The van der Waals surface area contributed by atoms with E-state index in [1.807, 2.05) is 54.6 Å². The molecule has 43 heavy (non-hydrogen) atoms. The lowest BCUT2D eigenvalue weighted by Crippen LogP contribution is -2.53. The van der Waals surface area contributed by atoms with Crippen LogP contribution in [-0.2, 0) is 22.5 Å². The second kappa shape index (κ2) is 13.9. The predicted molar refractivity (Wildman–Crippen MR) is 162 cm³/mol. The quantitative estimate of drug-likeness (QED) is 0.133. The SMILES string of the molecule is O=C(NNCc1ccc(F)cc1F)[C@@]1(Cc2ccccc2)N=C(c2ccc(OCCCO)cc2)O[C@H]1c1ccccc1Br. The average Bonchev–Trinajstić information content (AvgIpc) is 3.39. The number of benzene rings is 4. The maximum atomic E-state index is 14.3. The Balaban J connectivity index is 1.51. The number of nitrogens with zero attached hydrogens (tertiary/aromatic N) is 1. The van der Waals surface area contributed by atoms with E-state index in [1.54, 1.807) is 24.3 Å². The minimum Gasteiger partial charge on any atom is -0.494 e. The first-order valence-corrected chi connectivity index (χ1v) is 14.5. The van der Waals surface area contributed by atoms with Crippen molar-refractivity contribution in [3.05, 3.63) is 135 Å². The Morgan fingerprint density at radius 2 is 1.74 bits per heavy atom. The Bertz CT molecular complexity index is 1590. The topological polar surface area (TPSA) is 92.2 Å². The third-order valence-electron chi connectivity index (χ3n) is 7.03. The van der Waals surface area contributed by atoms with Crippen LogP contribution in [0.4, 0.5) is 8.78 Å². The number of hydrazine groups is 1. The van der Waals surface area contributed by atoms with Crippen molar-refractivity contribution in [3.63, 3.8) is 0 Å². The molecule has 0 aliphatic carbocycles. The zero-order valence-corrected chi connectivity index (χ0v) is 24.7. The Hall–Kier alpha value is -4.12. The number of hydrogen-bond donors (Lipinski definition) is 3. The summed E-state index contributed by atoms with van der Waals surface area (Å²) in [5.74, 6) is -0.987. The number of amides is 1. The fourth-order valence-corrected chi connectivity index (χ4v) is 5.34. The maximum absolute atomic E-state index is 14.3. The molecule has 0 fully saturated rings. The molecule has 2 atom stereocenters. The number of nitrogens with one attached hydrogen (secondary N) is 2. The summed E-state index contributed by atoms with van der Waals surface area (Å²) in [5.41, 5.74) is 6.46. The van der Waals surface area contributed by atoms with Crippen molar-refractivity contribution in [2.45, 2.75) is 31.0 Å². The van der Waals surface area contributed by atoms with Gasteiger partial charge >= 0.3 is 0 Å². The van der Waals surface area contributed by atoms with Crippen LogP contribution in [0.3, 0.4) is 0 Å². The largest absolute Gasteiger partial charge is 0.494 e. The van der Waals surface area contributed by atoms with E-state index < -0.39 is 29.2 Å². The molecule has 3 N–H and O–H groups in total. The van der Waals surface area contributed by atoms with Crippen molar-refractivity contribution in [2.75, 3.05) is 13.2 Å². The summed E-state index contributed by atoms with van der Waals surface area (Å²) in [7, 11) is 0. The smallest absolute Gasteiger partial charge is 0.266 e. The molecule has 0 unspecified atom stereocenters. The van der Waals surface area contributed by atoms with E-state index in [1.165, 1.54) is 6.07 Å². The molecule has 0 saturated heterocycles. The Kier molecular flexibility index (Phi) is 9.81. The van der Waals surface area contributed by atoms with Gasteiger partial charge in [-0.15, -0.1) is 0 Å². The molecule has 0 bridgehead atoms. The lowest BCUT2D eigenvalue weighted by molar-refractivity contribution is -0.130. The number of halogens is 3. The Morgan fingerprint density at radius 3 is 2.47 bits per heavy atom. The molecule has 1 aliphatic rings. The molecule has 0 saturated carbocycles. The summed E-state index contributed by atoms with van der Waals surface area (Å²) in [6, 6.07) is 27.4. The van der Waals surface area contributed by atoms with Gasteiger partial charge in [-0.25, -0.2) is 19.2 Å². The molecule has 1 heterocycles. The van der Waals surface area contributed by atoms with Crippen molar-refractivity contribution in [3.8, 4) is 5.75 Å². The molecule has 4 aromatic rings. The summed E-state index contributed by atoms with van der Waals surface area (Å²) >= 11 is 3.62. The van der Waals surface area contributed by atoms with Crippen LogP contribution in [0.15, 0.2) is 107 Å². The van der Waals surface area contributed by atoms with E-state index in [2.05, 4.69) is 26.8 Å². The van der Waals surface area contributed by atoms with Gasteiger partial charge in [-0.3, -0.25) is 10.2 Å². The van der Waals surface area contributed by atoms with Crippen LogP contribution < -0.4 is 15.6 Å². The molecule has 0 radical (unpaired) electrons. The molecule has 0 aromatic heterocycles. The van der Waals surface area contributed by atoms with Gasteiger partial charge in [-0.05, 0) is 42.0 Å². The second-order valence-electron chi connectivity index (χ2n) is 10.0. The summed E-state index contributed by atoms with van der Waals surface area (Å²) in [4.78, 5) is 19.2. The van der Waals surface area contributed by atoms with Gasteiger partial charge in [0.15, 0.2) is 11.6 Å². The summed E-state index contributed by atoms with van der Waals surface area (Å²) in [6.45, 7) is 0.346. The number of aliphatic imine (C=N–C) groups is 1. The lowest BCUT2D eigenvalue weighted by atomic mass is 9.82. The number of carbonyl (C=O) groups is 1. The molecular formula is C33H30BrF2N3O4. The van der Waals surface area contributed by atoms with Crippen molar-refractivity contribution in [1.82, 2.24) is 10.9 Å². The molecular weight excluding hydrogens is 620 g/mol. The van der Waals surface area contributed by atoms with E-state index >= 15 is 0 Å². The van der Waals surface area contributed by atoms with E-state index in [0.29, 0.717) is 24.3 Å². The number of ether oxygens (including phenoxy) is 2. The van der Waals surface area contributed by atoms with Crippen LogP contribution in [0.1, 0.15) is 34.8 Å². The molecule has 1 amide bonds.